The van der Waals surface area contributed by atoms with Crippen LogP contribution in [0.4, 0.5) is 9.59 Å². The predicted octanol–water partition coefficient (Wildman–Crippen LogP) is 1.49. The molecule has 0 unspecified atom stereocenters. The van der Waals surface area contributed by atoms with Crippen molar-refractivity contribution in [3.05, 3.63) is 0 Å². The van der Waals surface area contributed by atoms with Gasteiger partial charge in [0.2, 0.25) is 0 Å². The zero-order chi connectivity index (χ0) is 9.86. The minimum absolute atomic E-state index is 0. The van der Waals surface area contributed by atoms with Crippen LogP contribution in [0.15, 0.2) is 0 Å². The first-order valence-electron chi connectivity index (χ1n) is 1.84. The van der Waals surface area contributed by atoms with Crippen LogP contribution < -0.4 is 0 Å². The van der Waals surface area contributed by atoms with Crippen LogP contribution in [0.5, 0.6) is 0 Å². The van der Waals surface area contributed by atoms with E-state index in [0.717, 1.165) is 0 Å². The van der Waals surface area contributed by atoms with E-state index in [1.807, 2.05) is 0 Å². The predicted molar refractivity (Wildman–Crippen MR) is 43.6 cm³/mol. The zero-order valence-electron chi connectivity index (χ0n) is 6.07. The fourth-order valence-electron chi connectivity index (χ4n) is 0. The average molecular weight is 248 g/mol. The SMILES string of the molecule is ClCCl.O=C(O)O.O=C(O)O.[K]. The Morgan fingerprint density at radius 3 is 0.917 bits per heavy atom. The molecule has 0 rings (SSSR count). The minimum atomic E-state index is -1.83. The monoisotopic (exact) mass is 247 g/mol. The molecule has 6 nitrogen and oxygen atoms in total. The van der Waals surface area contributed by atoms with Crippen molar-refractivity contribution in [2.24, 2.45) is 0 Å². The standard InChI is InChI=1S/CH2Cl2.2CH2O3.K/c2-1-3;2*2-1(3)4;/h1H2;2*(H2,2,3,4);. The normalized spacial score (nSPS) is 5.50. The molecule has 0 heterocycles. The maximum Gasteiger partial charge on any atom is 0.503 e. The summed E-state index contributed by atoms with van der Waals surface area (Å²) < 4.78 is 0. The molecule has 0 saturated carbocycles. The van der Waals surface area contributed by atoms with Crippen molar-refractivity contribution in [2.75, 3.05) is 5.34 Å². The maximum absolute atomic E-state index is 8.56. The molecule has 4 N–H and O–H groups in total. The van der Waals surface area contributed by atoms with Gasteiger partial charge in [0.25, 0.3) is 0 Å². The molecule has 0 atom stereocenters. The number of carboxylic acid groups (broad SMARTS) is 4. The van der Waals surface area contributed by atoms with E-state index in [1.54, 1.807) is 0 Å². The Hall–Kier alpha value is 0.756. The third-order valence-corrected chi connectivity index (χ3v) is 0. The number of hydrogen-bond acceptors (Lipinski definition) is 2. The van der Waals surface area contributed by atoms with E-state index in [-0.39, 0.29) is 56.7 Å². The van der Waals surface area contributed by atoms with Crippen LogP contribution in [0.3, 0.4) is 0 Å². The topological polar surface area (TPSA) is 115 Å². The van der Waals surface area contributed by atoms with Gasteiger partial charge in [-0.15, -0.1) is 23.2 Å². The van der Waals surface area contributed by atoms with E-state index in [9.17, 15) is 0 Å². The van der Waals surface area contributed by atoms with Crippen LogP contribution in [0.25, 0.3) is 0 Å². The number of hydrogen-bond donors (Lipinski definition) is 4. The van der Waals surface area contributed by atoms with Crippen LogP contribution in [-0.4, -0.2) is 89.5 Å². The molecule has 12 heavy (non-hydrogen) atoms. The van der Waals surface area contributed by atoms with Crippen LogP contribution >= 0.6 is 23.2 Å². The molecule has 1 radical (unpaired) electrons. The quantitative estimate of drug-likeness (QED) is 0.381. The van der Waals surface area contributed by atoms with Crippen LogP contribution in [0.2, 0.25) is 0 Å². The van der Waals surface area contributed by atoms with E-state index in [4.69, 9.17) is 53.2 Å². The number of carbonyl (C=O) groups is 2. The second-order valence-corrected chi connectivity index (χ2v) is 1.47. The Morgan fingerprint density at radius 2 is 0.917 bits per heavy atom. The first-order valence-corrected chi connectivity index (χ1v) is 2.91. The molecule has 0 aliphatic rings. The molecule has 0 bridgehead atoms. The van der Waals surface area contributed by atoms with Crippen LogP contribution in [0.1, 0.15) is 0 Å². The Balaban J connectivity index is -0.0000000389. The zero-order valence-corrected chi connectivity index (χ0v) is 10.7. The smallest absolute Gasteiger partial charge is 0.450 e. The van der Waals surface area contributed by atoms with Gasteiger partial charge in [0.1, 0.15) is 0 Å². The molecular weight excluding hydrogens is 242 g/mol. The van der Waals surface area contributed by atoms with Gasteiger partial charge in [0.05, 0.1) is 5.34 Å². The average Bonchev–Trinajstić information content (AvgIpc) is 1.60. The van der Waals surface area contributed by atoms with Crippen molar-refractivity contribution in [1.29, 1.82) is 0 Å². The molecule has 69 valence electrons. The van der Waals surface area contributed by atoms with E-state index in [0.29, 0.717) is 0 Å². The third-order valence-electron chi connectivity index (χ3n) is 0. The van der Waals surface area contributed by atoms with Crippen molar-refractivity contribution >= 4 is 86.9 Å². The van der Waals surface area contributed by atoms with Gasteiger partial charge in [0, 0.05) is 51.4 Å². The molecule has 0 fully saturated rings. The Labute approximate surface area is 121 Å². The Bertz CT molecular complexity index is 89.0. The molecule has 0 aliphatic heterocycles. The van der Waals surface area contributed by atoms with E-state index >= 15 is 0 Å². The van der Waals surface area contributed by atoms with Crippen molar-refractivity contribution in [3.8, 4) is 0 Å². The van der Waals surface area contributed by atoms with Gasteiger partial charge in [-0.05, 0) is 0 Å². The van der Waals surface area contributed by atoms with Crippen molar-refractivity contribution < 1.29 is 30.0 Å². The van der Waals surface area contributed by atoms with Crippen LogP contribution in [0, 0.1) is 0 Å². The van der Waals surface area contributed by atoms with Crippen molar-refractivity contribution in [3.63, 3.8) is 0 Å². The summed E-state index contributed by atoms with van der Waals surface area (Å²) in [4.78, 5) is 17.1. The largest absolute Gasteiger partial charge is 0.503 e. The Kier molecular flexibility index (Phi) is 43.3. The molecule has 0 aliphatic carbocycles. The van der Waals surface area contributed by atoms with Crippen LogP contribution in [-0.2, 0) is 0 Å². The summed E-state index contributed by atoms with van der Waals surface area (Å²) in [6.45, 7) is 0. The molecule has 0 aromatic rings. The fraction of sp³-hybridized carbons (Fsp3) is 0.333. The van der Waals surface area contributed by atoms with Gasteiger partial charge in [-0.3, -0.25) is 0 Å². The second-order valence-electron chi connectivity index (χ2n) is 0.666. The van der Waals surface area contributed by atoms with Gasteiger partial charge in [-0.1, -0.05) is 0 Å². The Morgan fingerprint density at radius 1 is 0.917 bits per heavy atom. The van der Waals surface area contributed by atoms with E-state index in [1.165, 1.54) is 0 Å². The summed E-state index contributed by atoms with van der Waals surface area (Å²) in [7, 11) is 0. The second kappa shape index (κ2) is 22.6. The number of halogens is 2. The molecule has 0 spiro atoms. The van der Waals surface area contributed by atoms with Crippen molar-refractivity contribution in [2.45, 2.75) is 0 Å². The first-order chi connectivity index (χ1) is 4.88. The van der Waals surface area contributed by atoms with E-state index in [2.05, 4.69) is 0 Å². The van der Waals surface area contributed by atoms with Gasteiger partial charge >= 0.3 is 12.3 Å². The fourth-order valence-corrected chi connectivity index (χ4v) is 0. The first kappa shape index (κ1) is 23.0. The molecular formula is C3H6Cl2KO6. The van der Waals surface area contributed by atoms with E-state index < -0.39 is 12.3 Å². The van der Waals surface area contributed by atoms with Gasteiger partial charge in [0.15, 0.2) is 0 Å². The van der Waals surface area contributed by atoms with Crippen molar-refractivity contribution in [1.82, 2.24) is 0 Å². The summed E-state index contributed by atoms with van der Waals surface area (Å²) in [6.07, 6.45) is -3.67. The summed E-state index contributed by atoms with van der Waals surface area (Å²) >= 11 is 9.53. The molecule has 0 saturated heterocycles. The third kappa shape index (κ3) is 1790. The molecule has 0 amide bonds. The van der Waals surface area contributed by atoms with Gasteiger partial charge in [-0.25, -0.2) is 9.59 Å². The summed E-state index contributed by atoms with van der Waals surface area (Å²) in [6, 6.07) is 0. The maximum atomic E-state index is 8.56. The summed E-state index contributed by atoms with van der Waals surface area (Å²) in [5.74, 6) is 0. The number of rotatable bonds is 0. The summed E-state index contributed by atoms with van der Waals surface area (Å²) in [5.41, 5.74) is 0. The molecule has 9 heteroatoms. The van der Waals surface area contributed by atoms with Gasteiger partial charge < -0.3 is 20.4 Å². The van der Waals surface area contributed by atoms with Gasteiger partial charge in [-0.2, -0.15) is 0 Å². The minimum Gasteiger partial charge on any atom is -0.450 e. The number of alkyl halides is 2. The molecule has 0 aromatic heterocycles. The molecule has 0 aromatic carbocycles. The summed E-state index contributed by atoms with van der Waals surface area (Å²) in [5, 5.41) is 28.1.